The topological polar surface area (TPSA) is 40.5 Å². The Morgan fingerprint density at radius 3 is 2.77 bits per heavy atom. The second kappa shape index (κ2) is 4.28. The normalized spacial score (nSPS) is 12.5. The highest BCUT2D eigenvalue weighted by atomic mass is 32.2. The van der Waals surface area contributed by atoms with E-state index in [0.717, 1.165) is 5.69 Å². The summed E-state index contributed by atoms with van der Waals surface area (Å²) in [4.78, 5) is 0. The zero-order valence-electron chi connectivity index (χ0n) is 7.73. The summed E-state index contributed by atoms with van der Waals surface area (Å²) in [7, 11) is 0.736. The van der Waals surface area contributed by atoms with Gasteiger partial charge in [-0.1, -0.05) is 13.0 Å². The highest BCUT2D eigenvalue weighted by Gasteiger charge is 2.06. The van der Waals surface area contributed by atoms with Crippen LogP contribution in [0.5, 0.6) is 5.75 Å². The van der Waals surface area contributed by atoms with Crippen LogP contribution < -0.4 is 4.31 Å². The minimum Gasteiger partial charge on any atom is -0.508 e. The lowest BCUT2D eigenvalue weighted by atomic mass is 10.3. The summed E-state index contributed by atoms with van der Waals surface area (Å²) in [5.41, 5.74) is 0.764. The molecular formula is C9H13NO2S. The average Bonchev–Trinajstić information content (AvgIpc) is 2.15. The van der Waals surface area contributed by atoms with E-state index in [0.29, 0.717) is 5.75 Å². The molecule has 0 amide bonds. The third-order valence-corrected chi connectivity index (χ3v) is 3.06. The van der Waals surface area contributed by atoms with Gasteiger partial charge < -0.3 is 5.11 Å². The van der Waals surface area contributed by atoms with Crippen molar-refractivity contribution < 1.29 is 9.32 Å². The van der Waals surface area contributed by atoms with Crippen LogP contribution in [-0.2, 0) is 11.0 Å². The number of anilines is 1. The van der Waals surface area contributed by atoms with E-state index in [9.17, 15) is 9.32 Å². The molecule has 13 heavy (non-hydrogen) atoms. The first kappa shape index (κ1) is 10.1. The molecule has 0 aromatic heterocycles. The lowest BCUT2D eigenvalue weighted by Crippen LogP contribution is -2.21. The summed E-state index contributed by atoms with van der Waals surface area (Å²) >= 11 is 0. The Morgan fingerprint density at radius 1 is 1.54 bits per heavy atom. The molecule has 1 atom stereocenters. The van der Waals surface area contributed by atoms with Crippen LogP contribution in [0.25, 0.3) is 0 Å². The standard InChI is InChI=1S/C9H13NO2S/c1-3-13(12)10(2)8-5-4-6-9(11)7-8/h4-7,11H,3H2,1-2H3. The Morgan fingerprint density at radius 2 is 2.23 bits per heavy atom. The number of aromatic hydroxyl groups is 1. The number of phenols is 1. The van der Waals surface area contributed by atoms with E-state index >= 15 is 0 Å². The van der Waals surface area contributed by atoms with Crippen molar-refractivity contribution in [1.82, 2.24) is 0 Å². The van der Waals surface area contributed by atoms with Crippen molar-refractivity contribution in [3.63, 3.8) is 0 Å². The Bertz CT molecular complexity index is 314. The number of phenolic OH excluding ortho intramolecular Hbond substituents is 1. The minimum atomic E-state index is -1.01. The van der Waals surface area contributed by atoms with Gasteiger partial charge in [-0.25, -0.2) is 4.21 Å². The van der Waals surface area contributed by atoms with Gasteiger partial charge in [0.25, 0.3) is 0 Å². The van der Waals surface area contributed by atoms with E-state index in [2.05, 4.69) is 0 Å². The third-order valence-electron chi connectivity index (χ3n) is 1.75. The number of hydrogen-bond acceptors (Lipinski definition) is 2. The molecule has 0 radical (unpaired) electrons. The molecule has 0 saturated heterocycles. The summed E-state index contributed by atoms with van der Waals surface area (Å²) < 4.78 is 13.0. The number of rotatable bonds is 3. The number of benzene rings is 1. The van der Waals surface area contributed by atoms with Crippen molar-refractivity contribution in [3.05, 3.63) is 24.3 Å². The van der Waals surface area contributed by atoms with E-state index in [4.69, 9.17) is 0 Å². The summed E-state index contributed by atoms with van der Waals surface area (Å²) in [6.45, 7) is 1.86. The fourth-order valence-corrected chi connectivity index (χ4v) is 1.74. The van der Waals surface area contributed by atoms with Crippen LogP contribution in [0.4, 0.5) is 5.69 Å². The van der Waals surface area contributed by atoms with Gasteiger partial charge in [-0.05, 0) is 12.1 Å². The zero-order valence-corrected chi connectivity index (χ0v) is 8.54. The van der Waals surface area contributed by atoms with Crippen LogP contribution in [0.1, 0.15) is 6.92 Å². The van der Waals surface area contributed by atoms with Crippen LogP contribution in [0.3, 0.4) is 0 Å². The predicted octanol–water partition coefficient (Wildman–Crippen LogP) is 1.51. The molecule has 0 saturated carbocycles. The van der Waals surface area contributed by atoms with Gasteiger partial charge in [0, 0.05) is 18.9 Å². The van der Waals surface area contributed by atoms with Crippen molar-refractivity contribution in [3.8, 4) is 5.75 Å². The minimum absolute atomic E-state index is 0.192. The monoisotopic (exact) mass is 199 g/mol. The van der Waals surface area contributed by atoms with Crippen LogP contribution in [0.2, 0.25) is 0 Å². The molecule has 0 bridgehead atoms. The highest BCUT2D eigenvalue weighted by Crippen LogP contribution is 2.19. The highest BCUT2D eigenvalue weighted by molar-refractivity contribution is 7.86. The maximum Gasteiger partial charge on any atom is 0.119 e. The first-order chi connectivity index (χ1) is 6.15. The Hall–Kier alpha value is -1.03. The smallest absolute Gasteiger partial charge is 0.119 e. The Kier molecular flexibility index (Phi) is 3.31. The molecule has 1 unspecified atom stereocenters. The Labute approximate surface area is 80.6 Å². The van der Waals surface area contributed by atoms with Crippen LogP contribution in [-0.4, -0.2) is 22.1 Å². The van der Waals surface area contributed by atoms with E-state index in [1.165, 1.54) is 0 Å². The van der Waals surface area contributed by atoms with Gasteiger partial charge >= 0.3 is 0 Å². The zero-order chi connectivity index (χ0) is 9.84. The average molecular weight is 199 g/mol. The van der Waals surface area contributed by atoms with Crippen LogP contribution >= 0.6 is 0 Å². The molecule has 0 aliphatic rings. The van der Waals surface area contributed by atoms with E-state index < -0.39 is 11.0 Å². The molecule has 0 aliphatic carbocycles. The Balaban J connectivity index is 2.88. The largest absolute Gasteiger partial charge is 0.508 e. The molecule has 1 N–H and O–H groups in total. The molecule has 0 heterocycles. The molecule has 1 rings (SSSR count). The van der Waals surface area contributed by atoms with Crippen molar-refractivity contribution >= 4 is 16.7 Å². The van der Waals surface area contributed by atoms with E-state index in [-0.39, 0.29) is 5.75 Å². The molecule has 1 aromatic rings. The lowest BCUT2D eigenvalue weighted by Gasteiger charge is -2.16. The van der Waals surface area contributed by atoms with Gasteiger partial charge in [-0.15, -0.1) is 0 Å². The molecule has 0 spiro atoms. The second-order valence-corrected chi connectivity index (χ2v) is 4.40. The van der Waals surface area contributed by atoms with Crippen molar-refractivity contribution in [2.75, 3.05) is 17.1 Å². The third kappa shape index (κ3) is 2.45. The summed E-state index contributed by atoms with van der Waals surface area (Å²) in [5.74, 6) is 0.768. The van der Waals surface area contributed by atoms with Gasteiger partial charge in [-0.3, -0.25) is 4.31 Å². The van der Waals surface area contributed by atoms with E-state index in [1.807, 2.05) is 13.0 Å². The first-order valence-corrected chi connectivity index (χ1v) is 5.34. The van der Waals surface area contributed by atoms with Gasteiger partial charge in [0.2, 0.25) is 0 Å². The van der Waals surface area contributed by atoms with Gasteiger partial charge in [-0.2, -0.15) is 0 Å². The predicted molar refractivity (Wildman–Crippen MR) is 55.2 cm³/mol. The molecule has 4 heteroatoms. The molecule has 0 fully saturated rings. The van der Waals surface area contributed by atoms with Gasteiger partial charge in [0.15, 0.2) is 0 Å². The first-order valence-electron chi connectivity index (χ1n) is 4.06. The summed E-state index contributed by atoms with van der Waals surface area (Å²) in [5, 5.41) is 9.19. The molecule has 0 aliphatic heterocycles. The van der Waals surface area contributed by atoms with Crippen molar-refractivity contribution in [2.24, 2.45) is 0 Å². The fourth-order valence-electron chi connectivity index (χ4n) is 1.00. The van der Waals surface area contributed by atoms with Gasteiger partial charge in [0.1, 0.15) is 16.7 Å². The van der Waals surface area contributed by atoms with Gasteiger partial charge in [0.05, 0.1) is 5.69 Å². The second-order valence-electron chi connectivity index (χ2n) is 2.63. The molecule has 1 aromatic carbocycles. The number of hydrogen-bond donors (Lipinski definition) is 1. The summed E-state index contributed by atoms with van der Waals surface area (Å²) in [6, 6.07) is 6.72. The van der Waals surface area contributed by atoms with Crippen LogP contribution in [0, 0.1) is 0 Å². The molecule has 72 valence electrons. The maximum atomic E-state index is 11.4. The SMILES string of the molecule is CCS(=O)N(C)c1cccc(O)c1. The van der Waals surface area contributed by atoms with Crippen molar-refractivity contribution in [1.29, 1.82) is 0 Å². The molecule has 3 nitrogen and oxygen atoms in total. The summed E-state index contributed by atoms with van der Waals surface area (Å²) in [6.07, 6.45) is 0. The van der Waals surface area contributed by atoms with E-state index in [1.54, 1.807) is 29.6 Å². The fraction of sp³-hybridized carbons (Fsp3) is 0.333. The van der Waals surface area contributed by atoms with Crippen molar-refractivity contribution in [2.45, 2.75) is 6.92 Å². The quantitative estimate of drug-likeness (QED) is 0.801. The number of nitrogens with zero attached hydrogens (tertiary/aromatic N) is 1. The maximum absolute atomic E-state index is 11.4. The lowest BCUT2D eigenvalue weighted by molar-refractivity contribution is 0.475. The van der Waals surface area contributed by atoms with Crippen LogP contribution in [0.15, 0.2) is 24.3 Å². The molecular weight excluding hydrogens is 186 g/mol.